The molecular weight excluding hydrogens is 1750 g/mol. The van der Waals surface area contributed by atoms with Crippen molar-refractivity contribution in [3.8, 4) is 0 Å². The molecule has 0 aliphatic rings. The van der Waals surface area contributed by atoms with Gasteiger partial charge in [0.1, 0.15) is 30.3 Å². The Balaban J connectivity index is 0.00000257. The third kappa shape index (κ3) is 89.4. The van der Waals surface area contributed by atoms with Crippen molar-refractivity contribution < 1.29 is 94.3 Å². The van der Waals surface area contributed by atoms with Crippen molar-refractivity contribution in [2.45, 2.75) is 495 Å². The molecule has 4 N–H and O–H groups in total. The predicted molar refractivity (Wildman–Crippen MR) is 530 cm³/mol. The van der Waals surface area contributed by atoms with E-state index in [-0.39, 0.29) is 76.6 Å². The van der Waals surface area contributed by atoms with Crippen LogP contribution in [0.1, 0.15) is 465 Å². The molecule has 1 heterocycles. The number of amides is 4. The molecule has 4 amide bonds. The SMILES string of the molecule is CCCCCCCCCCCCCCCCCC(=O)OC[C@H](COP(=O)([O-])OCCNC(=O)C(C)NC(=O)CCSC)OC(=O)CCCCCCCCCCCCCCCCC.CCCCCCCCCCCCCCCCCC(=O)OC[C@H](COP(=O)([O-])OCCNC(=O)C(C)NC(=O)CCSSc1ccccn1)OC(=O)CCCCCCCCCCCCCCCCC. The number of pyridine rings is 1. The maximum Gasteiger partial charge on any atom is 0.306 e. The highest BCUT2D eigenvalue weighted by Crippen LogP contribution is 2.39. The highest BCUT2D eigenvalue weighted by atomic mass is 33.1. The van der Waals surface area contributed by atoms with Crippen molar-refractivity contribution in [1.82, 2.24) is 26.3 Å². The molecule has 760 valence electrons. The van der Waals surface area contributed by atoms with Crippen molar-refractivity contribution in [2.75, 3.05) is 70.5 Å². The fourth-order valence-electron chi connectivity index (χ4n) is 14.8. The maximum atomic E-state index is 12.8. The second kappa shape index (κ2) is 94.2. The van der Waals surface area contributed by atoms with Gasteiger partial charge >= 0.3 is 23.9 Å². The summed E-state index contributed by atoms with van der Waals surface area (Å²) in [4.78, 5) is 129. The van der Waals surface area contributed by atoms with Crippen LogP contribution in [0.15, 0.2) is 29.4 Å². The molecule has 0 saturated heterocycles. The molecule has 0 aromatic carbocycles. The van der Waals surface area contributed by atoms with Gasteiger partial charge in [-0.2, -0.15) is 11.8 Å². The molecule has 0 spiro atoms. The smallest absolute Gasteiger partial charge is 0.306 e. The highest BCUT2D eigenvalue weighted by molar-refractivity contribution is 8.76. The highest BCUT2D eigenvalue weighted by Gasteiger charge is 2.25. The van der Waals surface area contributed by atoms with Crippen LogP contribution in [0.3, 0.4) is 0 Å². The van der Waals surface area contributed by atoms with Gasteiger partial charge < -0.3 is 68.1 Å². The number of ether oxygens (including phenoxy) is 4. The average Bonchev–Trinajstić information content (AvgIpc) is 0.905. The molecular formula is C100H185N5O20P2S3-2. The van der Waals surface area contributed by atoms with Gasteiger partial charge in [-0.25, -0.2) is 4.98 Å². The molecule has 0 radical (unpaired) electrons. The van der Waals surface area contributed by atoms with Gasteiger partial charge in [-0.3, -0.25) is 47.5 Å². The molecule has 130 heavy (non-hydrogen) atoms. The van der Waals surface area contributed by atoms with Gasteiger partial charge in [0.25, 0.3) is 15.6 Å². The van der Waals surface area contributed by atoms with E-state index in [0.717, 1.165) is 82.1 Å². The van der Waals surface area contributed by atoms with Gasteiger partial charge in [0.15, 0.2) is 12.2 Å². The van der Waals surface area contributed by atoms with E-state index in [2.05, 4.69) is 53.9 Å². The fourth-order valence-corrected chi connectivity index (χ4v) is 18.5. The Kier molecular flexibility index (Phi) is 91.4. The Morgan fingerprint density at radius 1 is 0.346 bits per heavy atom. The lowest BCUT2D eigenvalue weighted by atomic mass is 10.0. The zero-order chi connectivity index (χ0) is 95.4. The van der Waals surface area contributed by atoms with Crippen molar-refractivity contribution >= 4 is 96.5 Å². The summed E-state index contributed by atoms with van der Waals surface area (Å²) in [7, 11) is -6.81. The number of nitrogens with zero attached hydrogens (tertiary/aromatic N) is 1. The zero-order valence-electron chi connectivity index (χ0n) is 82.6. The number of unbranched alkanes of at least 4 members (excludes halogenated alkanes) is 56. The van der Waals surface area contributed by atoms with Gasteiger partial charge in [-0.1, -0.05) is 404 Å². The number of hydrogen-bond acceptors (Lipinski definition) is 24. The Hall–Kier alpha value is -3.82. The quantitative estimate of drug-likeness (QED) is 0.0155. The van der Waals surface area contributed by atoms with Crippen LogP contribution in [-0.4, -0.2) is 147 Å². The van der Waals surface area contributed by atoms with E-state index in [0.29, 0.717) is 37.2 Å². The normalized spacial score (nSPS) is 13.2. The summed E-state index contributed by atoms with van der Waals surface area (Å²) >= 11 is 1.52. The monoisotopic (exact) mass is 1930 g/mol. The Morgan fingerprint density at radius 3 is 0.869 bits per heavy atom. The second-order valence-corrected chi connectivity index (χ2v) is 41.5. The number of carbonyl (C=O) groups excluding carboxylic acids is 8. The van der Waals surface area contributed by atoms with Crippen LogP contribution in [-0.2, 0) is 84.5 Å². The second-order valence-electron chi connectivity index (χ2n) is 35.3. The van der Waals surface area contributed by atoms with Crippen molar-refractivity contribution in [2.24, 2.45) is 0 Å². The summed E-state index contributed by atoms with van der Waals surface area (Å²) in [5.74, 6) is -2.28. The van der Waals surface area contributed by atoms with E-state index in [1.54, 1.807) is 6.20 Å². The van der Waals surface area contributed by atoms with Crippen molar-refractivity contribution in [3.63, 3.8) is 0 Å². The van der Waals surface area contributed by atoms with E-state index in [4.69, 9.17) is 37.0 Å². The number of phosphoric acid groups is 2. The molecule has 25 nitrogen and oxygen atoms in total. The lowest BCUT2D eigenvalue weighted by Gasteiger charge is -2.25. The molecule has 6 atom stereocenters. The van der Waals surface area contributed by atoms with Crippen LogP contribution >= 0.6 is 49.0 Å². The van der Waals surface area contributed by atoms with E-state index in [1.165, 1.54) is 330 Å². The molecule has 0 fully saturated rings. The molecule has 0 bridgehead atoms. The first-order chi connectivity index (χ1) is 63.1. The minimum atomic E-state index is -4.89. The molecule has 0 saturated carbocycles. The van der Waals surface area contributed by atoms with Crippen LogP contribution in [0.25, 0.3) is 0 Å². The number of carbonyl (C=O) groups is 8. The number of nitrogens with one attached hydrogen (secondary N) is 4. The largest absolute Gasteiger partial charge is 0.756 e. The first-order valence-electron chi connectivity index (χ1n) is 51.8. The van der Waals surface area contributed by atoms with Gasteiger partial charge in [-0.15, -0.1) is 0 Å². The van der Waals surface area contributed by atoms with Crippen LogP contribution in [0.2, 0.25) is 0 Å². The average molecular weight is 1940 g/mol. The minimum absolute atomic E-state index is 0.145. The number of phosphoric ester groups is 2. The standard InChI is InChI=1S/C52H94N3O10PS2.C48H93N2O10PS/c1-4-6-8-10-12-14-16-18-20-22-24-26-28-30-32-37-50(57)62-44-47(65-51(58)38-33-31-29-27-25-23-21-19-17-15-13-11-9-7-5-2)45-64-66(60,61)63-42-41-54-52(59)46(3)55-48(56)39-43-67-68-49-36-34-35-40-53-49;1-5-7-9-11-13-15-17-19-21-23-25-27-29-31-33-35-46(52)57-41-44(42-59-61(55,56)58-39-38-49-48(54)43(3)50-45(51)37-40-62-4)60-47(53)36-34-32-30-28-26-24-22-20-18-16-14-12-10-8-6-2/h34-36,40,46-47H,4-33,37-39,41-45H2,1-3H3,(H,54,59)(H,55,56)(H,60,61);43-44H,5-42H2,1-4H3,(H,49,54)(H,50,51)(H,55,56)/p-2/t46?,47-;43?,44-/m11/s1. The van der Waals surface area contributed by atoms with Crippen LogP contribution in [0, 0.1) is 0 Å². The van der Waals surface area contributed by atoms with Crippen LogP contribution in [0.5, 0.6) is 0 Å². The molecule has 1 aromatic rings. The predicted octanol–water partition coefficient (Wildman–Crippen LogP) is 25.2. The minimum Gasteiger partial charge on any atom is -0.756 e. The lowest BCUT2D eigenvalue weighted by molar-refractivity contribution is -0.229. The van der Waals surface area contributed by atoms with Gasteiger partial charge in [-0.05, 0) is 68.7 Å². The third-order valence-electron chi connectivity index (χ3n) is 22.8. The maximum absolute atomic E-state index is 12.8. The number of aromatic nitrogens is 1. The van der Waals surface area contributed by atoms with Gasteiger partial charge in [0.05, 0.1) is 26.4 Å². The number of rotatable bonds is 96. The first kappa shape index (κ1) is 126. The molecule has 0 aliphatic carbocycles. The molecule has 1 aromatic heterocycles. The topological polar surface area (TPSA) is 352 Å². The van der Waals surface area contributed by atoms with Crippen molar-refractivity contribution in [3.05, 3.63) is 24.4 Å². The van der Waals surface area contributed by atoms with Crippen LogP contribution in [0.4, 0.5) is 0 Å². The Labute approximate surface area is 801 Å². The zero-order valence-corrected chi connectivity index (χ0v) is 86.8. The Bertz CT molecular complexity index is 2940. The molecule has 1 rings (SSSR count). The van der Waals surface area contributed by atoms with E-state index < -0.39 is 102 Å². The molecule has 4 unspecified atom stereocenters. The van der Waals surface area contributed by atoms with Crippen LogP contribution < -0.4 is 31.1 Å². The summed E-state index contributed by atoms with van der Waals surface area (Å²) in [6, 6.07) is 3.95. The number of hydrogen-bond donors (Lipinski definition) is 4. The van der Waals surface area contributed by atoms with E-state index >= 15 is 0 Å². The lowest BCUT2D eigenvalue weighted by Crippen LogP contribution is -2.45. The first-order valence-corrected chi connectivity index (χ1v) is 58.5. The Morgan fingerprint density at radius 2 is 0.608 bits per heavy atom. The molecule has 0 aliphatic heterocycles. The summed E-state index contributed by atoms with van der Waals surface area (Å²) < 4.78 is 67.1. The summed E-state index contributed by atoms with van der Waals surface area (Å²) in [5.41, 5.74) is 0. The number of esters is 4. The molecule has 30 heteroatoms. The number of thioether (sulfide) groups is 1. The summed E-state index contributed by atoms with van der Waals surface area (Å²) in [5, 5.41) is 11.1. The van der Waals surface area contributed by atoms with E-state index in [1.807, 2.05) is 24.5 Å². The summed E-state index contributed by atoms with van der Waals surface area (Å²) in [6.45, 7) is 9.07. The van der Waals surface area contributed by atoms with Gasteiger partial charge in [0, 0.05) is 69.3 Å². The van der Waals surface area contributed by atoms with Crippen molar-refractivity contribution in [1.29, 1.82) is 0 Å². The fraction of sp³-hybridized carbons (Fsp3) is 0.870. The summed E-state index contributed by atoms with van der Waals surface area (Å²) in [6.07, 6.45) is 75.6. The van der Waals surface area contributed by atoms with Gasteiger partial charge in [0.2, 0.25) is 23.6 Å². The van der Waals surface area contributed by atoms with E-state index in [9.17, 15) is 57.3 Å². The third-order valence-corrected chi connectivity index (χ3v) is 27.6.